The zero-order valence-electron chi connectivity index (χ0n) is 6.85. The smallest absolute Gasteiger partial charge is 0.0890 e. The van der Waals surface area contributed by atoms with Crippen LogP contribution >= 0.6 is 0 Å². The Bertz CT molecular complexity index is 92.7. The number of quaternary nitrogens is 1. The second-order valence-corrected chi connectivity index (χ2v) is 3.73. The van der Waals surface area contributed by atoms with Crippen LogP contribution in [0.15, 0.2) is 0 Å². The van der Waals surface area contributed by atoms with Crippen molar-refractivity contribution in [2.24, 2.45) is 0 Å². The Morgan fingerprint density at radius 2 is 1.89 bits per heavy atom. The molecule has 0 bridgehead atoms. The van der Waals surface area contributed by atoms with E-state index in [0.29, 0.717) is 0 Å². The van der Waals surface area contributed by atoms with Crippen LogP contribution in [0, 0.1) is 0 Å². The van der Waals surface area contributed by atoms with Gasteiger partial charge in [0.25, 0.3) is 0 Å². The van der Waals surface area contributed by atoms with Crippen molar-refractivity contribution in [3.63, 3.8) is 0 Å². The van der Waals surface area contributed by atoms with Gasteiger partial charge >= 0.3 is 0 Å². The van der Waals surface area contributed by atoms with E-state index in [1.54, 1.807) is 0 Å². The molecular weight excluding hydrogens is 110 g/mol. The highest BCUT2D eigenvalue weighted by Crippen LogP contribution is 2.30. The van der Waals surface area contributed by atoms with Gasteiger partial charge in [0, 0.05) is 12.8 Å². The van der Waals surface area contributed by atoms with Crippen LogP contribution in [0.1, 0.15) is 26.2 Å². The first-order valence-corrected chi connectivity index (χ1v) is 3.99. The van der Waals surface area contributed by atoms with Gasteiger partial charge in [-0.25, -0.2) is 0 Å². The van der Waals surface area contributed by atoms with E-state index < -0.39 is 0 Å². The molecule has 1 saturated carbocycles. The minimum atomic E-state index is 1.00. The molecule has 9 heavy (non-hydrogen) atoms. The molecule has 1 heteroatoms. The number of nitrogens with zero attached hydrogens (tertiary/aromatic N) is 1. The predicted octanol–water partition coefficient (Wildman–Crippen LogP) is 1.64. The van der Waals surface area contributed by atoms with Gasteiger partial charge in [-0.1, -0.05) is 6.92 Å². The average molecular weight is 128 g/mol. The maximum absolute atomic E-state index is 2.35. The quantitative estimate of drug-likeness (QED) is 0.507. The molecular formula is C8H18N+. The van der Waals surface area contributed by atoms with Crippen molar-refractivity contribution in [3.05, 3.63) is 0 Å². The molecule has 1 aliphatic rings. The molecule has 1 fully saturated rings. The van der Waals surface area contributed by atoms with Gasteiger partial charge in [-0.05, 0) is 6.42 Å². The Hall–Kier alpha value is -0.0400. The van der Waals surface area contributed by atoms with Crippen molar-refractivity contribution in [2.75, 3.05) is 20.6 Å². The van der Waals surface area contributed by atoms with Crippen LogP contribution in [0.3, 0.4) is 0 Å². The summed E-state index contributed by atoms with van der Waals surface area (Å²) in [6.45, 7) is 3.62. The lowest BCUT2D eigenvalue weighted by Crippen LogP contribution is -2.42. The molecule has 0 spiro atoms. The molecule has 0 unspecified atom stereocenters. The van der Waals surface area contributed by atoms with E-state index in [2.05, 4.69) is 21.0 Å². The Labute approximate surface area is 58.3 Å². The minimum Gasteiger partial charge on any atom is -0.326 e. The third kappa shape index (κ3) is 1.68. The van der Waals surface area contributed by atoms with Gasteiger partial charge in [-0.2, -0.15) is 0 Å². The van der Waals surface area contributed by atoms with Crippen molar-refractivity contribution in [1.29, 1.82) is 0 Å². The summed E-state index contributed by atoms with van der Waals surface area (Å²) >= 11 is 0. The summed E-state index contributed by atoms with van der Waals surface area (Å²) in [5.74, 6) is 0. The second-order valence-electron chi connectivity index (χ2n) is 3.73. The Kier molecular flexibility index (Phi) is 1.80. The third-order valence-corrected chi connectivity index (χ3v) is 2.34. The van der Waals surface area contributed by atoms with E-state index in [0.717, 1.165) is 6.04 Å². The van der Waals surface area contributed by atoms with Crippen molar-refractivity contribution in [3.8, 4) is 0 Å². The van der Waals surface area contributed by atoms with Crippen LogP contribution < -0.4 is 0 Å². The molecule has 54 valence electrons. The van der Waals surface area contributed by atoms with Crippen LogP contribution in [-0.4, -0.2) is 31.2 Å². The summed E-state index contributed by atoms with van der Waals surface area (Å²) in [4.78, 5) is 0. The highest BCUT2D eigenvalue weighted by Gasteiger charge is 2.37. The largest absolute Gasteiger partial charge is 0.326 e. The van der Waals surface area contributed by atoms with Crippen molar-refractivity contribution in [1.82, 2.24) is 0 Å². The lowest BCUT2D eigenvalue weighted by molar-refractivity contribution is -0.901. The van der Waals surface area contributed by atoms with Gasteiger partial charge in [0.15, 0.2) is 0 Å². The third-order valence-electron chi connectivity index (χ3n) is 2.34. The molecule has 0 heterocycles. The van der Waals surface area contributed by atoms with Gasteiger partial charge in [-0.15, -0.1) is 0 Å². The van der Waals surface area contributed by atoms with Crippen LogP contribution in [-0.2, 0) is 0 Å². The molecule has 0 atom stereocenters. The van der Waals surface area contributed by atoms with Gasteiger partial charge in [0.2, 0.25) is 0 Å². The lowest BCUT2D eigenvalue weighted by atomic mass is 10.3. The number of rotatable bonds is 3. The van der Waals surface area contributed by atoms with Gasteiger partial charge in [-0.3, -0.25) is 0 Å². The standard InChI is InChI=1S/C8H18N/c1-4-7-9(2,3)8-5-6-8/h8H,4-7H2,1-3H3/q+1. The summed E-state index contributed by atoms with van der Waals surface area (Å²) in [6, 6.07) is 1.00. The fourth-order valence-corrected chi connectivity index (χ4v) is 1.53. The summed E-state index contributed by atoms with van der Waals surface area (Å²) in [5.41, 5.74) is 0. The molecule has 0 aromatic carbocycles. The predicted molar refractivity (Wildman–Crippen MR) is 40.3 cm³/mol. The summed E-state index contributed by atoms with van der Waals surface area (Å²) in [6.07, 6.45) is 4.25. The SMILES string of the molecule is CCC[N+](C)(C)C1CC1. The van der Waals surface area contributed by atoms with Crippen molar-refractivity contribution >= 4 is 0 Å². The molecule has 0 aromatic rings. The van der Waals surface area contributed by atoms with Crippen molar-refractivity contribution in [2.45, 2.75) is 32.2 Å². The van der Waals surface area contributed by atoms with E-state index in [-0.39, 0.29) is 0 Å². The molecule has 0 aromatic heterocycles. The molecule has 0 saturated heterocycles. The van der Waals surface area contributed by atoms with E-state index in [1.807, 2.05) is 0 Å². The Morgan fingerprint density at radius 1 is 1.33 bits per heavy atom. The molecule has 1 rings (SSSR count). The molecule has 1 aliphatic carbocycles. The van der Waals surface area contributed by atoms with Crippen LogP contribution in [0.5, 0.6) is 0 Å². The normalized spacial score (nSPS) is 20.3. The fraction of sp³-hybridized carbons (Fsp3) is 1.00. The summed E-state index contributed by atoms with van der Waals surface area (Å²) in [5, 5.41) is 0. The zero-order chi connectivity index (χ0) is 6.91. The second kappa shape index (κ2) is 2.30. The maximum Gasteiger partial charge on any atom is 0.0890 e. The summed E-state index contributed by atoms with van der Waals surface area (Å²) in [7, 11) is 4.70. The lowest BCUT2D eigenvalue weighted by Gasteiger charge is -2.29. The molecule has 0 N–H and O–H groups in total. The Morgan fingerprint density at radius 3 is 2.22 bits per heavy atom. The first-order valence-electron chi connectivity index (χ1n) is 3.99. The number of hydrogen-bond donors (Lipinski definition) is 0. The van der Waals surface area contributed by atoms with Gasteiger partial charge in [0.1, 0.15) is 0 Å². The zero-order valence-corrected chi connectivity index (χ0v) is 6.85. The molecule has 1 nitrogen and oxygen atoms in total. The number of hydrogen-bond acceptors (Lipinski definition) is 0. The first-order chi connectivity index (χ1) is 4.17. The monoisotopic (exact) mass is 128 g/mol. The van der Waals surface area contributed by atoms with Crippen molar-refractivity contribution < 1.29 is 4.48 Å². The highest BCUT2D eigenvalue weighted by molar-refractivity contribution is 4.73. The van der Waals surface area contributed by atoms with Crippen LogP contribution in [0.2, 0.25) is 0 Å². The Balaban J connectivity index is 2.30. The van der Waals surface area contributed by atoms with Gasteiger partial charge < -0.3 is 4.48 Å². The van der Waals surface area contributed by atoms with Crippen LogP contribution in [0.4, 0.5) is 0 Å². The topological polar surface area (TPSA) is 0 Å². The van der Waals surface area contributed by atoms with Gasteiger partial charge in [0.05, 0.1) is 26.7 Å². The van der Waals surface area contributed by atoms with E-state index in [4.69, 9.17) is 0 Å². The minimum absolute atomic E-state index is 1.00. The molecule has 0 amide bonds. The van der Waals surface area contributed by atoms with E-state index in [9.17, 15) is 0 Å². The molecule has 0 radical (unpaired) electrons. The maximum atomic E-state index is 2.35. The van der Waals surface area contributed by atoms with E-state index in [1.165, 1.54) is 30.3 Å². The summed E-state index contributed by atoms with van der Waals surface area (Å²) < 4.78 is 1.26. The van der Waals surface area contributed by atoms with Crippen LogP contribution in [0.25, 0.3) is 0 Å². The molecule has 0 aliphatic heterocycles. The fourth-order valence-electron chi connectivity index (χ4n) is 1.53. The average Bonchev–Trinajstić information content (AvgIpc) is 2.41. The first kappa shape index (κ1) is 7.07. The van der Waals surface area contributed by atoms with E-state index >= 15 is 0 Å². The highest BCUT2D eigenvalue weighted by atomic mass is 15.3.